The lowest BCUT2D eigenvalue weighted by Crippen LogP contribution is -2.44. The molecular formula is C16H25FN2O3. The lowest BCUT2D eigenvalue weighted by atomic mass is 10.1. The van der Waals surface area contributed by atoms with Crippen LogP contribution in [0, 0.1) is 5.82 Å². The zero-order valence-electron chi connectivity index (χ0n) is 13.6. The van der Waals surface area contributed by atoms with Crippen molar-refractivity contribution in [3.05, 3.63) is 29.6 Å². The Labute approximate surface area is 131 Å². The van der Waals surface area contributed by atoms with E-state index in [0.717, 1.165) is 0 Å². The number of nitrogens with one attached hydrogen (secondary N) is 1. The fraction of sp³-hybridized carbons (Fsp3) is 0.562. The topological polar surface area (TPSA) is 50.8 Å². The van der Waals surface area contributed by atoms with Crippen molar-refractivity contribution >= 4 is 6.41 Å². The van der Waals surface area contributed by atoms with Gasteiger partial charge in [-0.1, -0.05) is 6.07 Å². The van der Waals surface area contributed by atoms with Gasteiger partial charge in [-0.05, 0) is 26.0 Å². The van der Waals surface area contributed by atoms with Crippen molar-refractivity contribution in [2.45, 2.75) is 32.5 Å². The number of rotatable bonds is 10. The first-order valence-corrected chi connectivity index (χ1v) is 7.27. The van der Waals surface area contributed by atoms with Crippen LogP contribution in [0.4, 0.5) is 4.39 Å². The molecule has 0 aromatic heterocycles. The minimum Gasteiger partial charge on any atom is -0.496 e. The molecule has 0 fully saturated rings. The largest absolute Gasteiger partial charge is 0.496 e. The molecule has 124 valence electrons. The van der Waals surface area contributed by atoms with Crippen molar-refractivity contribution in [1.82, 2.24) is 10.2 Å². The molecule has 22 heavy (non-hydrogen) atoms. The Morgan fingerprint density at radius 1 is 1.36 bits per heavy atom. The molecule has 0 saturated carbocycles. The molecule has 1 aromatic rings. The fourth-order valence-electron chi connectivity index (χ4n) is 2.35. The van der Waals surface area contributed by atoms with E-state index in [4.69, 9.17) is 9.47 Å². The first-order chi connectivity index (χ1) is 10.5. The smallest absolute Gasteiger partial charge is 0.207 e. The molecule has 0 unspecified atom stereocenters. The molecule has 0 aliphatic rings. The van der Waals surface area contributed by atoms with Crippen molar-refractivity contribution in [2.24, 2.45) is 0 Å². The van der Waals surface area contributed by atoms with Crippen LogP contribution in [0.5, 0.6) is 5.75 Å². The van der Waals surface area contributed by atoms with Crippen molar-refractivity contribution in [3.8, 4) is 5.75 Å². The summed E-state index contributed by atoms with van der Waals surface area (Å²) in [6, 6.07) is 4.81. The molecular weight excluding hydrogens is 287 g/mol. The number of benzene rings is 1. The number of carbonyl (C=O) groups excluding carboxylic acids is 1. The number of amides is 1. The molecule has 1 amide bonds. The maximum absolute atomic E-state index is 14.1. The van der Waals surface area contributed by atoms with Gasteiger partial charge in [0, 0.05) is 37.8 Å². The van der Waals surface area contributed by atoms with E-state index in [2.05, 4.69) is 10.2 Å². The molecule has 1 rings (SSSR count). The molecule has 2 atom stereocenters. The summed E-state index contributed by atoms with van der Waals surface area (Å²) in [5, 5.41) is 2.71. The van der Waals surface area contributed by atoms with Gasteiger partial charge in [0.1, 0.15) is 11.6 Å². The average molecular weight is 312 g/mol. The minimum atomic E-state index is -0.301. The number of ether oxygens (including phenoxy) is 2. The molecule has 0 bridgehead atoms. The fourth-order valence-corrected chi connectivity index (χ4v) is 2.35. The lowest BCUT2D eigenvalue weighted by molar-refractivity contribution is -0.110. The first kappa shape index (κ1) is 18.4. The van der Waals surface area contributed by atoms with Gasteiger partial charge in [-0.3, -0.25) is 9.69 Å². The molecule has 6 heteroatoms. The number of halogens is 1. The van der Waals surface area contributed by atoms with E-state index >= 15 is 0 Å². The summed E-state index contributed by atoms with van der Waals surface area (Å²) in [6.07, 6.45) is 0.674. The van der Waals surface area contributed by atoms with Crippen LogP contribution < -0.4 is 10.1 Å². The summed E-state index contributed by atoms with van der Waals surface area (Å²) in [6.45, 7) is 5.39. The molecule has 0 heterocycles. The Hall–Kier alpha value is -1.66. The van der Waals surface area contributed by atoms with Gasteiger partial charge < -0.3 is 14.8 Å². The maximum Gasteiger partial charge on any atom is 0.207 e. The van der Waals surface area contributed by atoms with Crippen molar-refractivity contribution in [1.29, 1.82) is 0 Å². The lowest BCUT2D eigenvalue weighted by Gasteiger charge is -2.31. The third-order valence-electron chi connectivity index (χ3n) is 3.55. The monoisotopic (exact) mass is 312 g/mol. The van der Waals surface area contributed by atoms with Gasteiger partial charge in [-0.15, -0.1) is 0 Å². The molecule has 1 N–H and O–H groups in total. The van der Waals surface area contributed by atoms with E-state index in [-0.39, 0.29) is 17.9 Å². The molecule has 0 saturated heterocycles. The highest BCUT2D eigenvalue weighted by molar-refractivity contribution is 5.46. The van der Waals surface area contributed by atoms with Gasteiger partial charge in [0.15, 0.2) is 0 Å². The first-order valence-electron chi connectivity index (χ1n) is 7.27. The molecule has 0 spiro atoms. The third-order valence-corrected chi connectivity index (χ3v) is 3.55. The average Bonchev–Trinajstić information content (AvgIpc) is 2.48. The van der Waals surface area contributed by atoms with Crippen LogP contribution in [0.3, 0.4) is 0 Å². The van der Waals surface area contributed by atoms with Gasteiger partial charge in [-0.2, -0.15) is 0 Å². The van der Waals surface area contributed by atoms with Gasteiger partial charge in [0.2, 0.25) is 6.41 Å². The minimum absolute atomic E-state index is 0.0467. The Balaban J connectivity index is 2.94. The summed E-state index contributed by atoms with van der Waals surface area (Å²) in [5.74, 6) is 0.218. The van der Waals surface area contributed by atoms with E-state index in [0.29, 0.717) is 37.4 Å². The summed E-state index contributed by atoms with van der Waals surface area (Å²) < 4.78 is 24.6. The van der Waals surface area contributed by atoms with E-state index in [9.17, 15) is 9.18 Å². The summed E-state index contributed by atoms with van der Waals surface area (Å²) in [5.41, 5.74) is 0.506. The van der Waals surface area contributed by atoms with Gasteiger partial charge in [-0.25, -0.2) is 4.39 Å². The highest BCUT2D eigenvalue weighted by atomic mass is 19.1. The summed E-state index contributed by atoms with van der Waals surface area (Å²) in [7, 11) is 3.16. The predicted molar refractivity (Wildman–Crippen MR) is 83.4 cm³/mol. The van der Waals surface area contributed by atoms with Gasteiger partial charge >= 0.3 is 0 Å². The Morgan fingerprint density at radius 2 is 2.09 bits per heavy atom. The predicted octanol–water partition coefficient (Wildman–Crippen LogP) is 1.81. The highest BCUT2D eigenvalue weighted by Gasteiger charge is 2.20. The standard InChI is InChI=1S/C16H25FN2O3/c1-12(18-11-20)8-19(13(2)10-21-3)9-14-15(17)6-5-7-16(14)22-4/h5-7,11-13H,8-10H2,1-4H3,(H,18,20)/t12-,13-/m1/s1. The van der Waals surface area contributed by atoms with Crippen molar-refractivity contribution < 1.29 is 18.7 Å². The van der Waals surface area contributed by atoms with Crippen LogP contribution in [0.25, 0.3) is 0 Å². The van der Waals surface area contributed by atoms with E-state index in [1.54, 1.807) is 19.2 Å². The number of methoxy groups -OCH3 is 2. The van der Waals surface area contributed by atoms with Crippen LogP contribution in [0.15, 0.2) is 18.2 Å². The second kappa shape index (κ2) is 9.38. The Bertz CT molecular complexity index is 471. The molecule has 0 aliphatic carbocycles. The second-order valence-electron chi connectivity index (χ2n) is 5.34. The summed E-state index contributed by atoms with van der Waals surface area (Å²) in [4.78, 5) is 12.6. The zero-order valence-corrected chi connectivity index (χ0v) is 13.6. The molecule has 1 aromatic carbocycles. The van der Waals surface area contributed by atoms with E-state index in [1.807, 2.05) is 13.8 Å². The summed E-state index contributed by atoms with van der Waals surface area (Å²) >= 11 is 0. The molecule has 5 nitrogen and oxygen atoms in total. The quantitative estimate of drug-likeness (QED) is 0.670. The second-order valence-corrected chi connectivity index (χ2v) is 5.34. The third kappa shape index (κ3) is 5.27. The SMILES string of the molecule is COC[C@@H](C)N(Cc1c(F)cccc1OC)C[C@@H](C)NC=O. The van der Waals surface area contributed by atoms with Gasteiger partial charge in [0.05, 0.1) is 13.7 Å². The van der Waals surface area contributed by atoms with Crippen LogP contribution in [-0.2, 0) is 16.1 Å². The number of hydrogen-bond donors (Lipinski definition) is 1. The zero-order chi connectivity index (χ0) is 16.5. The number of carbonyl (C=O) groups is 1. The van der Waals surface area contributed by atoms with Crippen LogP contribution in [-0.4, -0.2) is 50.8 Å². The highest BCUT2D eigenvalue weighted by Crippen LogP contribution is 2.23. The van der Waals surface area contributed by atoms with Gasteiger partial charge in [0.25, 0.3) is 0 Å². The van der Waals surface area contributed by atoms with E-state index < -0.39 is 0 Å². The normalized spacial score (nSPS) is 13.7. The Morgan fingerprint density at radius 3 is 2.68 bits per heavy atom. The number of nitrogens with zero attached hydrogens (tertiary/aromatic N) is 1. The van der Waals surface area contributed by atoms with Crippen molar-refractivity contribution in [2.75, 3.05) is 27.4 Å². The number of hydrogen-bond acceptors (Lipinski definition) is 4. The molecule has 0 aliphatic heterocycles. The van der Waals surface area contributed by atoms with Crippen LogP contribution in [0.2, 0.25) is 0 Å². The van der Waals surface area contributed by atoms with Crippen molar-refractivity contribution in [3.63, 3.8) is 0 Å². The maximum atomic E-state index is 14.1. The van der Waals surface area contributed by atoms with Crippen LogP contribution >= 0.6 is 0 Å². The van der Waals surface area contributed by atoms with Crippen LogP contribution in [0.1, 0.15) is 19.4 Å². The Kier molecular flexibility index (Phi) is 7.84. The molecule has 0 radical (unpaired) electrons. The van der Waals surface area contributed by atoms with E-state index in [1.165, 1.54) is 13.2 Å².